The molecular formula is C16H23N3S. The minimum atomic E-state index is 0.337. The van der Waals surface area contributed by atoms with Gasteiger partial charge in [0, 0.05) is 10.6 Å². The Kier molecular flexibility index (Phi) is 4.63. The maximum atomic E-state index is 5.78. The van der Waals surface area contributed by atoms with Crippen molar-refractivity contribution in [2.75, 3.05) is 5.75 Å². The second-order valence-corrected chi connectivity index (χ2v) is 6.77. The molecule has 1 aliphatic carbocycles. The molecule has 1 aromatic rings. The van der Waals surface area contributed by atoms with Gasteiger partial charge in [0.15, 0.2) is 0 Å². The molecule has 20 heavy (non-hydrogen) atoms. The number of nitrogens with zero attached hydrogens (tertiary/aromatic N) is 1. The topological polar surface area (TPSA) is 50.4 Å². The summed E-state index contributed by atoms with van der Waals surface area (Å²) in [7, 11) is 0. The molecule has 0 spiro atoms. The normalized spacial score (nSPS) is 24.2. The van der Waals surface area contributed by atoms with E-state index in [0.717, 1.165) is 11.6 Å². The minimum absolute atomic E-state index is 0.337. The van der Waals surface area contributed by atoms with Crippen LogP contribution in [-0.2, 0) is 0 Å². The average Bonchev–Trinajstić information content (AvgIpc) is 2.74. The fourth-order valence-electron chi connectivity index (χ4n) is 3.20. The van der Waals surface area contributed by atoms with Crippen LogP contribution < -0.4 is 11.3 Å². The van der Waals surface area contributed by atoms with E-state index in [9.17, 15) is 0 Å². The van der Waals surface area contributed by atoms with E-state index in [-0.39, 0.29) is 0 Å². The van der Waals surface area contributed by atoms with Crippen LogP contribution in [0.2, 0.25) is 0 Å². The predicted octanol–water partition coefficient (Wildman–Crippen LogP) is 3.46. The molecule has 3 nitrogen and oxygen atoms in total. The lowest BCUT2D eigenvalue weighted by molar-refractivity contribution is 0.579. The number of fused-ring (bicyclic) bond motifs is 1. The molecular weight excluding hydrogens is 266 g/mol. The van der Waals surface area contributed by atoms with E-state index in [0.29, 0.717) is 12.0 Å². The molecule has 0 saturated heterocycles. The largest absolute Gasteiger partial charge is 0.312 e. The van der Waals surface area contributed by atoms with E-state index >= 15 is 0 Å². The van der Waals surface area contributed by atoms with Gasteiger partial charge in [0.1, 0.15) is 5.84 Å². The molecule has 3 N–H and O–H groups in total. The number of hydrogen-bond donors (Lipinski definition) is 2. The smallest absolute Gasteiger partial charge is 0.119 e. The van der Waals surface area contributed by atoms with Crippen molar-refractivity contribution in [3.8, 4) is 0 Å². The molecule has 108 valence electrons. The summed E-state index contributed by atoms with van der Waals surface area (Å²) in [4.78, 5) is 6.34. The van der Waals surface area contributed by atoms with Crippen LogP contribution in [0.1, 0.15) is 50.0 Å². The molecule has 1 aliphatic heterocycles. The van der Waals surface area contributed by atoms with E-state index in [1.54, 1.807) is 0 Å². The fourth-order valence-corrected chi connectivity index (χ4v) is 4.44. The molecule has 1 heterocycles. The highest BCUT2D eigenvalue weighted by Gasteiger charge is 2.27. The second kappa shape index (κ2) is 6.64. The van der Waals surface area contributed by atoms with Crippen molar-refractivity contribution in [1.82, 2.24) is 5.43 Å². The van der Waals surface area contributed by atoms with Gasteiger partial charge in [-0.3, -0.25) is 4.99 Å². The van der Waals surface area contributed by atoms with Crippen molar-refractivity contribution in [1.29, 1.82) is 0 Å². The zero-order valence-corrected chi connectivity index (χ0v) is 12.7. The number of thioether (sulfide) groups is 1. The Labute approximate surface area is 125 Å². The SMILES string of the molecule is NNC(=NC1CCCCCC1)C1CSc2ccccc21. The molecule has 1 atom stereocenters. The Morgan fingerprint density at radius 1 is 1.15 bits per heavy atom. The minimum Gasteiger partial charge on any atom is -0.312 e. The van der Waals surface area contributed by atoms with Crippen LogP contribution in [-0.4, -0.2) is 17.6 Å². The van der Waals surface area contributed by atoms with Crippen molar-refractivity contribution in [2.24, 2.45) is 10.8 Å². The van der Waals surface area contributed by atoms with Crippen LogP contribution in [0.5, 0.6) is 0 Å². The lowest BCUT2D eigenvalue weighted by Gasteiger charge is -2.17. The molecule has 3 rings (SSSR count). The molecule has 1 unspecified atom stereocenters. The summed E-state index contributed by atoms with van der Waals surface area (Å²) >= 11 is 1.91. The van der Waals surface area contributed by atoms with E-state index in [1.807, 2.05) is 11.8 Å². The number of rotatable bonds is 2. The quantitative estimate of drug-likeness (QED) is 0.288. The average molecular weight is 289 g/mol. The van der Waals surface area contributed by atoms with Crippen LogP contribution in [0.15, 0.2) is 34.2 Å². The summed E-state index contributed by atoms with van der Waals surface area (Å²) < 4.78 is 0. The van der Waals surface area contributed by atoms with Gasteiger partial charge < -0.3 is 5.43 Å². The molecule has 0 radical (unpaired) electrons. The summed E-state index contributed by atoms with van der Waals surface area (Å²) in [5.74, 6) is 8.14. The zero-order chi connectivity index (χ0) is 13.8. The van der Waals surface area contributed by atoms with Crippen LogP contribution in [0.25, 0.3) is 0 Å². The summed E-state index contributed by atoms with van der Waals surface area (Å²) in [6.07, 6.45) is 7.77. The lowest BCUT2D eigenvalue weighted by Crippen LogP contribution is -2.36. The second-order valence-electron chi connectivity index (χ2n) is 5.71. The van der Waals surface area contributed by atoms with Gasteiger partial charge in [-0.1, -0.05) is 43.9 Å². The lowest BCUT2D eigenvalue weighted by atomic mass is 9.99. The number of amidine groups is 1. The third kappa shape index (κ3) is 3.01. The summed E-state index contributed by atoms with van der Waals surface area (Å²) in [6, 6.07) is 9.07. The fraction of sp³-hybridized carbons (Fsp3) is 0.562. The van der Waals surface area contributed by atoms with Gasteiger partial charge >= 0.3 is 0 Å². The van der Waals surface area contributed by atoms with Gasteiger partial charge in [-0.15, -0.1) is 11.8 Å². The predicted molar refractivity (Wildman–Crippen MR) is 86.2 cm³/mol. The van der Waals surface area contributed by atoms with Crippen LogP contribution >= 0.6 is 11.8 Å². The molecule has 0 aromatic heterocycles. The third-order valence-corrected chi connectivity index (χ3v) is 5.51. The highest BCUT2D eigenvalue weighted by molar-refractivity contribution is 7.99. The first-order valence-electron chi connectivity index (χ1n) is 7.64. The third-order valence-electron chi connectivity index (χ3n) is 4.32. The first-order chi connectivity index (χ1) is 9.88. The highest BCUT2D eigenvalue weighted by Crippen LogP contribution is 2.39. The number of aliphatic imine (C=N–C) groups is 1. The molecule has 1 aromatic carbocycles. The van der Waals surface area contributed by atoms with Crippen molar-refractivity contribution < 1.29 is 0 Å². The van der Waals surface area contributed by atoms with Gasteiger partial charge in [0.05, 0.1) is 12.0 Å². The van der Waals surface area contributed by atoms with E-state index in [2.05, 4.69) is 29.7 Å². The monoisotopic (exact) mass is 289 g/mol. The Morgan fingerprint density at radius 2 is 1.90 bits per heavy atom. The summed E-state index contributed by atoms with van der Waals surface area (Å²) in [6.45, 7) is 0. The Morgan fingerprint density at radius 3 is 2.65 bits per heavy atom. The number of nitrogens with two attached hydrogens (primary N) is 1. The Hall–Kier alpha value is -1.00. The number of hydrazine groups is 1. The first-order valence-corrected chi connectivity index (χ1v) is 8.63. The Balaban J connectivity index is 1.79. The molecule has 1 fully saturated rings. The summed E-state index contributed by atoms with van der Waals surface area (Å²) in [5, 5.41) is 0. The number of nitrogens with one attached hydrogen (secondary N) is 1. The molecule has 0 amide bonds. The summed E-state index contributed by atoms with van der Waals surface area (Å²) in [5.41, 5.74) is 4.27. The van der Waals surface area contributed by atoms with E-state index < -0.39 is 0 Å². The molecule has 2 aliphatic rings. The van der Waals surface area contributed by atoms with Gasteiger partial charge in [-0.05, 0) is 24.5 Å². The van der Waals surface area contributed by atoms with Crippen molar-refractivity contribution in [2.45, 2.75) is 55.4 Å². The molecule has 4 heteroatoms. The van der Waals surface area contributed by atoms with Gasteiger partial charge in [-0.2, -0.15) is 0 Å². The zero-order valence-electron chi connectivity index (χ0n) is 11.8. The number of hydrogen-bond acceptors (Lipinski definition) is 3. The van der Waals surface area contributed by atoms with Crippen molar-refractivity contribution in [3.05, 3.63) is 29.8 Å². The maximum absolute atomic E-state index is 5.78. The van der Waals surface area contributed by atoms with Gasteiger partial charge in [0.25, 0.3) is 0 Å². The maximum Gasteiger partial charge on any atom is 0.119 e. The van der Waals surface area contributed by atoms with Crippen LogP contribution in [0, 0.1) is 0 Å². The van der Waals surface area contributed by atoms with Gasteiger partial charge in [-0.25, -0.2) is 5.84 Å². The van der Waals surface area contributed by atoms with E-state index in [1.165, 1.54) is 49.0 Å². The highest BCUT2D eigenvalue weighted by atomic mass is 32.2. The first kappa shape index (κ1) is 14.0. The van der Waals surface area contributed by atoms with E-state index in [4.69, 9.17) is 10.8 Å². The number of benzene rings is 1. The van der Waals surface area contributed by atoms with Crippen LogP contribution in [0.4, 0.5) is 0 Å². The van der Waals surface area contributed by atoms with Crippen molar-refractivity contribution in [3.63, 3.8) is 0 Å². The molecule has 0 bridgehead atoms. The van der Waals surface area contributed by atoms with Gasteiger partial charge in [0.2, 0.25) is 0 Å². The van der Waals surface area contributed by atoms with Crippen molar-refractivity contribution >= 4 is 17.6 Å². The Bertz CT molecular complexity index is 478. The standard InChI is InChI=1S/C16H23N3S/c17-19-16(18-12-7-3-1-2-4-8-12)14-11-20-15-10-6-5-9-13(14)15/h5-6,9-10,12,14H,1-4,7-8,11,17H2,(H,18,19). The molecule has 1 saturated carbocycles. The van der Waals surface area contributed by atoms with Crippen LogP contribution in [0.3, 0.4) is 0 Å².